The summed E-state index contributed by atoms with van der Waals surface area (Å²) in [6, 6.07) is 0.398. The van der Waals surface area contributed by atoms with Crippen LogP contribution in [0.5, 0.6) is 0 Å². The largest absolute Gasteiger partial charge is 0.462 e. The molecule has 12 heteroatoms. The van der Waals surface area contributed by atoms with Crippen LogP contribution in [0.25, 0.3) is 17.0 Å². The molecule has 4 rings (SSSR count). The molecule has 45 heavy (non-hydrogen) atoms. The summed E-state index contributed by atoms with van der Waals surface area (Å²) in [6.45, 7) is 12.9. The third-order valence-electron chi connectivity index (χ3n) is 7.43. The van der Waals surface area contributed by atoms with Crippen molar-refractivity contribution in [2.24, 2.45) is 5.92 Å². The summed E-state index contributed by atoms with van der Waals surface area (Å²) in [7, 11) is 0. The lowest BCUT2D eigenvalue weighted by Crippen LogP contribution is -2.40. The predicted octanol–water partition coefficient (Wildman–Crippen LogP) is 6.34. The minimum atomic E-state index is -1.22. The number of aromatic nitrogens is 1. The molecule has 2 aromatic rings. The number of pyridine rings is 1. The highest BCUT2D eigenvalue weighted by Gasteiger charge is 2.37. The van der Waals surface area contributed by atoms with Crippen molar-refractivity contribution < 1.29 is 37.4 Å². The normalized spacial score (nSPS) is 18.8. The molecule has 0 unspecified atom stereocenters. The molecule has 246 valence electrons. The van der Waals surface area contributed by atoms with Crippen LogP contribution < -0.4 is 10.7 Å². The number of alkyl carbamates (subject to hydrolysis) is 1. The third kappa shape index (κ3) is 8.40. The summed E-state index contributed by atoms with van der Waals surface area (Å²) in [5.41, 5.74) is -2.28. The van der Waals surface area contributed by atoms with Crippen LogP contribution in [-0.4, -0.2) is 64.6 Å². The smallest absolute Gasteiger partial charge is 0.410 e. The van der Waals surface area contributed by atoms with Crippen LogP contribution in [0.3, 0.4) is 0 Å². The van der Waals surface area contributed by atoms with Gasteiger partial charge in [0.05, 0.1) is 17.5 Å². The molecule has 1 saturated carbocycles. The van der Waals surface area contributed by atoms with Crippen LogP contribution in [-0.2, 0) is 14.2 Å². The quantitative estimate of drug-likeness (QED) is 0.267. The molecule has 1 aliphatic carbocycles. The standard InChI is InChI=1S/C33H43F2N3O7/c1-8-43-29(40)24-18-37(20-12-13-20)27-22(26(35)25(34)15-23(27)28(24)39)11-9-10-21-14-19(16-36-30(41)44-32(2,3)4)17-38(21)31(42)45-33(5,6)7/h9,11,15,18-21H,8,10,12-14,16-17H2,1-7H3,(H,36,41)/t19-,21+/m1/s1. The van der Waals surface area contributed by atoms with Crippen molar-refractivity contribution in [2.45, 2.75) is 97.4 Å². The van der Waals surface area contributed by atoms with E-state index in [4.69, 9.17) is 14.2 Å². The highest BCUT2D eigenvalue weighted by Crippen LogP contribution is 2.39. The number of amides is 2. The molecular weight excluding hydrogens is 588 g/mol. The molecule has 2 fully saturated rings. The van der Waals surface area contributed by atoms with E-state index in [0.29, 0.717) is 13.0 Å². The van der Waals surface area contributed by atoms with Crippen LogP contribution in [0, 0.1) is 17.6 Å². The van der Waals surface area contributed by atoms with Crippen molar-refractivity contribution in [2.75, 3.05) is 19.7 Å². The Morgan fingerprint density at radius 1 is 1.07 bits per heavy atom. The number of hydrogen-bond donors (Lipinski definition) is 1. The first-order valence-corrected chi connectivity index (χ1v) is 15.4. The fourth-order valence-corrected chi connectivity index (χ4v) is 5.46. The summed E-state index contributed by atoms with van der Waals surface area (Å²) >= 11 is 0. The molecule has 2 heterocycles. The number of rotatable bonds is 8. The Morgan fingerprint density at radius 3 is 2.33 bits per heavy atom. The van der Waals surface area contributed by atoms with Gasteiger partial charge in [0.25, 0.3) is 0 Å². The molecule has 0 spiro atoms. The maximum Gasteiger partial charge on any atom is 0.410 e. The zero-order valence-corrected chi connectivity index (χ0v) is 27.0. The van der Waals surface area contributed by atoms with Gasteiger partial charge in [0.15, 0.2) is 11.6 Å². The first-order valence-electron chi connectivity index (χ1n) is 15.4. The molecule has 1 N–H and O–H groups in total. The first-order chi connectivity index (χ1) is 21.0. The lowest BCUT2D eigenvalue weighted by molar-refractivity contribution is 0.0223. The number of likely N-dealkylation sites (tertiary alicyclic amines) is 1. The Bertz CT molecular complexity index is 1550. The van der Waals surface area contributed by atoms with E-state index in [-0.39, 0.29) is 59.6 Å². The Balaban J connectivity index is 1.63. The number of carbonyl (C=O) groups excluding carboxylic acids is 3. The van der Waals surface area contributed by atoms with E-state index in [1.807, 2.05) is 0 Å². The number of nitrogens with one attached hydrogen (secondary N) is 1. The van der Waals surface area contributed by atoms with Crippen molar-refractivity contribution in [3.63, 3.8) is 0 Å². The summed E-state index contributed by atoms with van der Waals surface area (Å²) in [5, 5.41) is 2.64. The molecule has 0 bridgehead atoms. The van der Waals surface area contributed by atoms with Gasteiger partial charge in [-0.25, -0.2) is 23.2 Å². The number of ether oxygens (including phenoxy) is 3. The number of fused-ring (bicyclic) bond motifs is 1. The van der Waals surface area contributed by atoms with Gasteiger partial charge >= 0.3 is 18.2 Å². The van der Waals surface area contributed by atoms with Gasteiger partial charge in [0, 0.05) is 36.9 Å². The van der Waals surface area contributed by atoms with E-state index in [1.54, 1.807) is 64.0 Å². The van der Waals surface area contributed by atoms with Gasteiger partial charge in [-0.2, -0.15) is 0 Å². The second-order valence-corrected chi connectivity index (χ2v) is 13.6. The molecule has 2 aliphatic rings. The number of hydrogen-bond acceptors (Lipinski definition) is 7. The molecule has 1 aliphatic heterocycles. The zero-order chi connectivity index (χ0) is 33.3. The van der Waals surface area contributed by atoms with Crippen LogP contribution in [0.15, 0.2) is 23.1 Å². The molecule has 1 aromatic heterocycles. The SMILES string of the molecule is CCOC(=O)c1cn(C2CC2)c2c(C=CC[C@H]3C[C@H](CNC(=O)OC(C)(C)C)CN3C(=O)OC(C)(C)C)c(F)c(F)cc2c1=O. The Morgan fingerprint density at radius 2 is 1.73 bits per heavy atom. The Kier molecular flexibility index (Phi) is 9.94. The van der Waals surface area contributed by atoms with Crippen molar-refractivity contribution in [3.8, 4) is 0 Å². The van der Waals surface area contributed by atoms with Gasteiger partial charge in [-0.1, -0.05) is 12.2 Å². The molecule has 2 atom stereocenters. The fraction of sp³-hybridized carbons (Fsp3) is 0.576. The third-order valence-corrected chi connectivity index (χ3v) is 7.43. The van der Waals surface area contributed by atoms with Gasteiger partial charge in [0.2, 0.25) is 5.43 Å². The number of halogens is 2. The van der Waals surface area contributed by atoms with Crippen molar-refractivity contribution >= 4 is 35.1 Å². The number of nitrogens with zero attached hydrogens (tertiary/aromatic N) is 2. The minimum absolute atomic E-state index is 0.0604. The first kappa shape index (κ1) is 33.9. The Labute approximate surface area is 261 Å². The van der Waals surface area contributed by atoms with Crippen molar-refractivity contribution in [1.29, 1.82) is 0 Å². The van der Waals surface area contributed by atoms with Gasteiger partial charge in [0.1, 0.15) is 16.8 Å². The van der Waals surface area contributed by atoms with E-state index >= 15 is 4.39 Å². The van der Waals surface area contributed by atoms with E-state index < -0.39 is 46.4 Å². The topological polar surface area (TPSA) is 116 Å². The molecule has 0 radical (unpaired) electrons. The maximum absolute atomic E-state index is 15.4. The van der Waals surface area contributed by atoms with Gasteiger partial charge in [-0.3, -0.25) is 4.79 Å². The average Bonchev–Trinajstić information content (AvgIpc) is 3.68. The van der Waals surface area contributed by atoms with Crippen LogP contribution in [0.2, 0.25) is 0 Å². The van der Waals surface area contributed by atoms with E-state index in [1.165, 1.54) is 12.3 Å². The zero-order valence-electron chi connectivity index (χ0n) is 27.0. The summed E-state index contributed by atoms with van der Waals surface area (Å²) in [4.78, 5) is 52.7. The van der Waals surface area contributed by atoms with Gasteiger partial charge < -0.3 is 29.0 Å². The molecule has 2 amide bonds. The molecule has 1 saturated heterocycles. The average molecular weight is 632 g/mol. The van der Waals surface area contributed by atoms with Crippen LogP contribution in [0.1, 0.15) is 96.1 Å². The van der Waals surface area contributed by atoms with Gasteiger partial charge in [-0.15, -0.1) is 0 Å². The van der Waals surface area contributed by atoms with E-state index in [2.05, 4.69) is 5.32 Å². The molecule has 10 nitrogen and oxygen atoms in total. The summed E-state index contributed by atoms with van der Waals surface area (Å²) < 4.78 is 47.9. The number of benzene rings is 1. The lowest BCUT2D eigenvalue weighted by atomic mass is 10.0. The number of esters is 1. The summed E-state index contributed by atoms with van der Waals surface area (Å²) in [5.74, 6) is -3.25. The highest BCUT2D eigenvalue weighted by molar-refractivity contribution is 5.96. The minimum Gasteiger partial charge on any atom is -0.462 e. The predicted molar refractivity (Wildman–Crippen MR) is 165 cm³/mol. The summed E-state index contributed by atoms with van der Waals surface area (Å²) in [6.07, 6.45) is 5.66. The highest BCUT2D eigenvalue weighted by atomic mass is 19.2. The Hall–Kier alpha value is -3.96. The van der Waals surface area contributed by atoms with Crippen LogP contribution >= 0.6 is 0 Å². The second kappa shape index (κ2) is 13.2. The molecule has 1 aromatic carbocycles. The van der Waals surface area contributed by atoms with E-state index in [9.17, 15) is 23.6 Å². The van der Waals surface area contributed by atoms with E-state index in [0.717, 1.165) is 18.9 Å². The fourth-order valence-electron chi connectivity index (χ4n) is 5.46. The van der Waals surface area contributed by atoms with Gasteiger partial charge in [-0.05, 0) is 86.1 Å². The number of carbonyl (C=O) groups is 3. The van der Waals surface area contributed by atoms with Crippen molar-refractivity contribution in [3.05, 3.63) is 51.3 Å². The monoisotopic (exact) mass is 631 g/mol. The lowest BCUT2D eigenvalue weighted by Gasteiger charge is -2.28. The second-order valence-electron chi connectivity index (χ2n) is 13.6. The maximum atomic E-state index is 15.4. The van der Waals surface area contributed by atoms with Crippen LogP contribution in [0.4, 0.5) is 18.4 Å². The molecular formula is C33H43F2N3O7. The van der Waals surface area contributed by atoms with Crippen molar-refractivity contribution in [1.82, 2.24) is 14.8 Å².